The summed E-state index contributed by atoms with van der Waals surface area (Å²) in [7, 11) is 0. The fourth-order valence-electron chi connectivity index (χ4n) is 3.69. The zero-order valence-corrected chi connectivity index (χ0v) is 15.4. The van der Waals surface area contributed by atoms with Crippen molar-refractivity contribution in [3.05, 3.63) is 0 Å². The minimum Gasteiger partial charge on any atom is -0.412 e. The quantitative estimate of drug-likeness (QED) is 0.380. The Bertz CT molecular complexity index is 218. The van der Waals surface area contributed by atoms with E-state index in [4.69, 9.17) is 4.74 Å². The Morgan fingerprint density at radius 1 is 0.727 bits per heavy atom. The summed E-state index contributed by atoms with van der Waals surface area (Å²) in [6, 6.07) is 0. The summed E-state index contributed by atoms with van der Waals surface area (Å²) in [5.74, 6) is 0.871. The van der Waals surface area contributed by atoms with Gasteiger partial charge in [-0.1, -0.05) is 84.5 Å². The average molecular weight is 315 g/mol. The smallest absolute Gasteiger partial charge is 0.0603 e. The van der Waals surface area contributed by atoms with Gasteiger partial charge in [0.1, 0.15) is 0 Å². The van der Waals surface area contributed by atoms with E-state index in [0.29, 0.717) is 6.10 Å². The number of hydrogen-bond donors (Lipinski definition) is 0. The third-order valence-corrected chi connectivity index (χ3v) is 5.10. The standard InChI is InChI=1S/C20H40O.H2O/c1-3-5-7-9-11-13-17-20-19(16-14-18-21-20)15-12-10-8-6-4-2;/h19-20H,3-18H2,1-2H3;1H2/t19-,20+;/m0./s1. The number of hydrogen-bond acceptors (Lipinski definition) is 1. The van der Waals surface area contributed by atoms with Crippen LogP contribution in [0.4, 0.5) is 0 Å². The van der Waals surface area contributed by atoms with Gasteiger partial charge in [-0.15, -0.1) is 0 Å². The minimum absolute atomic E-state index is 0. The maximum atomic E-state index is 6.10. The van der Waals surface area contributed by atoms with Crippen molar-refractivity contribution in [3.8, 4) is 0 Å². The summed E-state index contributed by atoms with van der Waals surface area (Å²) >= 11 is 0. The van der Waals surface area contributed by atoms with Gasteiger partial charge in [0, 0.05) is 6.61 Å². The van der Waals surface area contributed by atoms with E-state index >= 15 is 0 Å². The van der Waals surface area contributed by atoms with E-state index in [0.717, 1.165) is 12.5 Å². The molecule has 0 aromatic heterocycles. The SMILES string of the molecule is CCCCCCCC[C@H]1OCCC[C@@H]1CCCCCCC.O. The van der Waals surface area contributed by atoms with Gasteiger partial charge in [-0.25, -0.2) is 0 Å². The summed E-state index contributed by atoms with van der Waals surface area (Å²) in [5.41, 5.74) is 0. The molecule has 0 spiro atoms. The van der Waals surface area contributed by atoms with Crippen LogP contribution in [0.15, 0.2) is 0 Å². The molecule has 0 bridgehead atoms. The van der Waals surface area contributed by atoms with Crippen LogP contribution in [0.5, 0.6) is 0 Å². The molecule has 0 aliphatic carbocycles. The zero-order valence-electron chi connectivity index (χ0n) is 15.4. The predicted molar refractivity (Wildman–Crippen MR) is 97.4 cm³/mol. The molecule has 0 aromatic carbocycles. The second kappa shape index (κ2) is 15.8. The molecule has 2 heteroatoms. The molecule has 1 rings (SSSR count). The molecular weight excluding hydrogens is 272 g/mol. The molecule has 1 heterocycles. The van der Waals surface area contributed by atoms with Crippen molar-refractivity contribution in [2.75, 3.05) is 6.61 Å². The second-order valence-corrected chi connectivity index (χ2v) is 7.07. The molecule has 1 fully saturated rings. The molecule has 22 heavy (non-hydrogen) atoms. The van der Waals surface area contributed by atoms with Gasteiger partial charge in [0.25, 0.3) is 0 Å². The van der Waals surface area contributed by atoms with Crippen molar-refractivity contribution in [1.29, 1.82) is 0 Å². The lowest BCUT2D eigenvalue weighted by Gasteiger charge is -2.32. The third kappa shape index (κ3) is 10.6. The Morgan fingerprint density at radius 3 is 1.91 bits per heavy atom. The molecule has 0 saturated carbocycles. The van der Waals surface area contributed by atoms with Gasteiger partial charge < -0.3 is 10.2 Å². The normalized spacial score (nSPS) is 21.5. The molecule has 2 nitrogen and oxygen atoms in total. The maximum absolute atomic E-state index is 6.10. The van der Waals surface area contributed by atoms with Crippen molar-refractivity contribution >= 4 is 0 Å². The Labute approximate surface area is 139 Å². The fraction of sp³-hybridized carbons (Fsp3) is 1.00. The molecule has 2 atom stereocenters. The van der Waals surface area contributed by atoms with Crippen LogP contribution in [-0.2, 0) is 4.74 Å². The van der Waals surface area contributed by atoms with Crippen LogP contribution in [0.2, 0.25) is 0 Å². The van der Waals surface area contributed by atoms with E-state index in [-0.39, 0.29) is 5.48 Å². The van der Waals surface area contributed by atoms with E-state index in [1.807, 2.05) is 0 Å². The van der Waals surface area contributed by atoms with Gasteiger partial charge in [-0.3, -0.25) is 0 Å². The van der Waals surface area contributed by atoms with Gasteiger partial charge in [0.05, 0.1) is 6.10 Å². The first-order chi connectivity index (χ1) is 10.4. The number of ether oxygens (including phenoxy) is 1. The molecule has 134 valence electrons. The molecule has 0 unspecified atom stereocenters. The van der Waals surface area contributed by atoms with Gasteiger partial charge >= 0.3 is 0 Å². The fourth-order valence-corrected chi connectivity index (χ4v) is 3.69. The lowest BCUT2D eigenvalue weighted by atomic mass is 9.86. The summed E-state index contributed by atoms with van der Waals surface area (Å²) in [5, 5.41) is 0. The average Bonchev–Trinajstić information content (AvgIpc) is 2.52. The zero-order chi connectivity index (χ0) is 15.2. The number of rotatable bonds is 13. The first-order valence-electron chi connectivity index (χ1n) is 10.00. The maximum Gasteiger partial charge on any atom is 0.0603 e. The molecule has 2 N–H and O–H groups in total. The van der Waals surface area contributed by atoms with Crippen LogP contribution in [0.3, 0.4) is 0 Å². The molecule has 1 aliphatic rings. The highest BCUT2D eigenvalue weighted by molar-refractivity contribution is 4.75. The second-order valence-electron chi connectivity index (χ2n) is 7.07. The Morgan fingerprint density at radius 2 is 1.27 bits per heavy atom. The van der Waals surface area contributed by atoms with Crippen molar-refractivity contribution in [2.45, 2.75) is 116 Å². The van der Waals surface area contributed by atoms with Crippen molar-refractivity contribution in [1.82, 2.24) is 0 Å². The Kier molecular flexibility index (Phi) is 15.7. The highest BCUT2D eigenvalue weighted by Crippen LogP contribution is 2.29. The molecule has 0 aromatic rings. The number of unbranched alkanes of at least 4 members (excludes halogenated alkanes) is 9. The van der Waals surface area contributed by atoms with Crippen molar-refractivity contribution in [3.63, 3.8) is 0 Å². The van der Waals surface area contributed by atoms with Gasteiger partial charge in [-0.2, -0.15) is 0 Å². The summed E-state index contributed by atoms with van der Waals surface area (Å²) < 4.78 is 6.10. The summed E-state index contributed by atoms with van der Waals surface area (Å²) in [4.78, 5) is 0. The van der Waals surface area contributed by atoms with E-state index in [1.54, 1.807) is 0 Å². The van der Waals surface area contributed by atoms with E-state index in [1.165, 1.54) is 96.3 Å². The largest absolute Gasteiger partial charge is 0.412 e. The topological polar surface area (TPSA) is 40.7 Å². The Balaban J connectivity index is 0.00000441. The van der Waals surface area contributed by atoms with Gasteiger partial charge in [-0.05, 0) is 31.6 Å². The van der Waals surface area contributed by atoms with Crippen LogP contribution < -0.4 is 0 Å². The van der Waals surface area contributed by atoms with Crippen LogP contribution in [-0.4, -0.2) is 18.2 Å². The highest BCUT2D eigenvalue weighted by atomic mass is 16.5. The van der Waals surface area contributed by atoms with Crippen molar-refractivity contribution < 1.29 is 10.2 Å². The molecule has 0 amide bonds. The lowest BCUT2D eigenvalue weighted by Crippen LogP contribution is -2.29. The molecular formula is C20H42O2. The van der Waals surface area contributed by atoms with E-state index < -0.39 is 0 Å². The van der Waals surface area contributed by atoms with E-state index in [9.17, 15) is 0 Å². The van der Waals surface area contributed by atoms with Crippen LogP contribution in [0, 0.1) is 5.92 Å². The van der Waals surface area contributed by atoms with Crippen LogP contribution >= 0.6 is 0 Å². The molecule has 1 aliphatic heterocycles. The minimum atomic E-state index is 0. The van der Waals surface area contributed by atoms with Gasteiger partial charge in [0.15, 0.2) is 0 Å². The van der Waals surface area contributed by atoms with Crippen molar-refractivity contribution in [2.24, 2.45) is 5.92 Å². The third-order valence-electron chi connectivity index (χ3n) is 5.10. The first-order valence-corrected chi connectivity index (χ1v) is 10.00. The van der Waals surface area contributed by atoms with Crippen LogP contribution in [0.25, 0.3) is 0 Å². The molecule has 0 radical (unpaired) electrons. The van der Waals surface area contributed by atoms with E-state index in [2.05, 4.69) is 13.8 Å². The summed E-state index contributed by atoms with van der Waals surface area (Å²) in [6.07, 6.45) is 21.6. The predicted octanol–water partition coefficient (Wildman–Crippen LogP) is 6.07. The molecule has 1 saturated heterocycles. The summed E-state index contributed by atoms with van der Waals surface area (Å²) in [6.45, 7) is 5.61. The lowest BCUT2D eigenvalue weighted by molar-refractivity contribution is -0.0352. The first kappa shape index (κ1) is 21.9. The van der Waals surface area contributed by atoms with Crippen LogP contribution in [0.1, 0.15) is 110 Å². The Hall–Kier alpha value is -0.0800. The van der Waals surface area contributed by atoms with Gasteiger partial charge in [0.2, 0.25) is 0 Å². The highest BCUT2D eigenvalue weighted by Gasteiger charge is 2.24. The monoisotopic (exact) mass is 314 g/mol.